The van der Waals surface area contributed by atoms with Gasteiger partial charge in [0, 0.05) is 56.0 Å². The molecule has 0 bridgehead atoms. The highest BCUT2D eigenvalue weighted by molar-refractivity contribution is 14.1. The quantitative estimate of drug-likeness (QED) is 0.0659. The van der Waals surface area contributed by atoms with Crippen LogP contribution < -0.4 is 5.46 Å². The van der Waals surface area contributed by atoms with E-state index >= 15 is 0 Å². The molecule has 0 N–H and O–H groups in total. The summed E-state index contributed by atoms with van der Waals surface area (Å²) < 4.78 is 82.6. The van der Waals surface area contributed by atoms with Crippen molar-refractivity contribution in [2.75, 3.05) is 52.9 Å². The first-order chi connectivity index (χ1) is 46.8. The van der Waals surface area contributed by atoms with E-state index in [1.54, 1.807) is 16.8 Å². The van der Waals surface area contributed by atoms with Crippen molar-refractivity contribution in [3.63, 3.8) is 0 Å². The van der Waals surface area contributed by atoms with E-state index in [9.17, 15) is 8.78 Å². The second-order valence-electron chi connectivity index (χ2n) is 25.1. The third kappa shape index (κ3) is 17.5. The molecule has 0 unspecified atom stereocenters. The van der Waals surface area contributed by atoms with Gasteiger partial charge in [-0.3, -0.25) is 0 Å². The molecule has 0 aromatic carbocycles. The normalized spacial score (nSPS) is 18.3. The molecule has 0 aliphatic carbocycles. The van der Waals surface area contributed by atoms with Crippen LogP contribution in [0.25, 0.3) is 50.0 Å². The third-order valence-corrected chi connectivity index (χ3v) is 20.1. The summed E-state index contributed by atoms with van der Waals surface area (Å²) in [6.45, 7) is 22.3. The SMILES string of the molecule is Brc1ccn2ncc(C3=CCOCC3)c2c1.Brc1ccn2ncc(I)c2c1.CC1(C)OB(C2=CCOCC2)OC1(C)C.CC1(C)OB(c2ccn3ncc(C4=CCOCC4)c3c2)OC1(C)C.Fc1cnc(Cl)nc1-c1ccn2ncc(C3=CCOCC3)c2c1.Fc1cnc(Cl)nc1Cl. The Morgan fingerprint density at radius 1 is 0.469 bits per heavy atom. The maximum atomic E-state index is 14.0. The zero-order valence-electron chi connectivity index (χ0n) is 55.0. The molecule has 2 fully saturated rings. The number of pyridine rings is 4. The highest BCUT2D eigenvalue weighted by Gasteiger charge is 2.53. The standard InChI is InChI=1S/C18H23BN2O3.C16H12ClFN4O.C12H11BrN2O.C11H19BO3.C7H4BrIN2.C4HCl2FN2/c1-17(2)18(3,4)24-19(23-17)14-5-8-21-16(11-14)15(12-20-21)13-6-9-22-10-7-13;17-16-19-9-13(18)15(21-16)11-1-4-22-14(7-11)12(8-20-22)10-2-5-23-6-3-10;13-10-1-4-15-12(7-10)11(8-14-15)9-2-5-16-6-3-9;1-10(2)11(3,4)15-12(14-10)9-5-7-13-8-6-9;8-5-1-2-11-7(3-5)6(9)4-10-11;5-3-2(7)1-8-4(6)9-3/h5-6,8,11-12H,7,9-10H2,1-4H3;1-2,4,7-9H,3,5-6H2;1-2,4,7-8H,3,5-6H2;5H,6-8H2,1-4H3;1-4H;1H. The van der Waals surface area contributed by atoms with Crippen LogP contribution in [0.1, 0.15) is 97.8 Å². The maximum absolute atomic E-state index is 14.0. The summed E-state index contributed by atoms with van der Waals surface area (Å²) in [6, 6.07) is 15.9. The van der Waals surface area contributed by atoms with Gasteiger partial charge >= 0.3 is 14.2 Å². The number of fused-ring (bicyclic) bond motifs is 4. The summed E-state index contributed by atoms with van der Waals surface area (Å²) >= 11 is 25.4. The van der Waals surface area contributed by atoms with E-state index in [1.807, 2.05) is 81.2 Å². The second-order valence-corrected chi connectivity index (χ2v) is 29.1. The fourth-order valence-corrected chi connectivity index (χ4v) is 12.4. The molecular formula is C68H70B2Br2Cl3F2IN12O8. The van der Waals surface area contributed by atoms with Crippen molar-refractivity contribution in [1.29, 1.82) is 0 Å². The van der Waals surface area contributed by atoms with Gasteiger partial charge in [0.05, 0.1) is 138 Å². The molecule has 10 aromatic rings. The van der Waals surface area contributed by atoms with Gasteiger partial charge < -0.3 is 37.6 Å². The van der Waals surface area contributed by atoms with Crippen LogP contribution in [-0.2, 0) is 37.6 Å². The smallest absolute Gasteiger partial charge is 0.400 e. The van der Waals surface area contributed by atoms with Gasteiger partial charge in [-0.1, -0.05) is 67.8 Å². The van der Waals surface area contributed by atoms with E-state index in [0.717, 1.165) is 105 Å². The molecule has 20 nitrogen and oxygen atoms in total. The van der Waals surface area contributed by atoms with Gasteiger partial charge in [-0.2, -0.15) is 20.4 Å². The Kier molecular flexibility index (Phi) is 23.9. The van der Waals surface area contributed by atoms with Gasteiger partial charge in [-0.25, -0.2) is 46.8 Å². The summed E-state index contributed by atoms with van der Waals surface area (Å²) in [6.07, 6.45) is 29.2. The lowest BCUT2D eigenvalue weighted by molar-refractivity contribution is 0.00578. The molecule has 16 heterocycles. The van der Waals surface area contributed by atoms with Crippen LogP contribution in [-0.4, -0.2) is 148 Å². The van der Waals surface area contributed by atoms with E-state index in [-0.39, 0.29) is 58.1 Å². The van der Waals surface area contributed by atoms with Gasteiger partial charge in [-0.15, -0.1) is 0 Å². The molecule has 0 spiro atoms. The summed E-state index contributed by atoms with van der Waals surface area (Å²) in [5.41, 5.74) is 13.4. The lowest BCUT2D eigenvalue weighted by Crippen LogP contribution is -2.41. The van der Waals surface area contributed by atoms with E-state index in [4.69, 9.17) is 72.4 Å². The van der Waals surface area contributed by atoms with Crippen molar-refractivity contribution in [3.05, 3.63) is 197 Å². The minimum absolute atomic E-state index is 0.0159. The van der Waals surface area contributed by atoms with Crippen molar-refractivity contribution in [1.82, 2.24) is 58.4 Å². The summed E-state index contributed by atoms with van der Waals surface area (Å²) in [4.78, 5) is 14.3. The van der Waals surface area contributed by atoms with Crippen molar-refractivity contribution >= 4 is 148 Å². The van der Waals surface area contributed by atoms with E-state index in [1.165, 1.54) is 31.3 Å². The van der Waals surface area contributed by atoms with Crippen LogP contribution >= 0.6 is 89.3 Å². The van der Waals surface area contributed by atoms with Crippen LogP contribution in [0.2, 0.25) is 15.7 Å². The number of ether oxygens (including phenoxy) is 4. The first-order valence-electron chi connectivity index (χ1n) is 31.5. The fraction of sp³-hybridized carbons (Fsp3) is 0.353. The van der Waals surface area contributed by atoms with Crippen molar-refractivity contribution < 1.29 is 46.3 Å². The predicted octanol–water partition coefficient (Wildman–Crippen LogP) is 15.3. The summed E-state index contributed by atoms with van der Waals surface area (Å²) in [5.74, 6) is -1.17. The van der Waals surface area contributed by atoms with Gasteiger partial charge in [0.1, 0.15) is 5.69 Å². The topological polar surface area (TPSA) is 195 Å². The van der Waals surface area contributed by atoms with Crippen LogP contribution in [0.15, 0.2) is 149 Å². The molecule has 98 heavy (non-hydrogen) atoms. The Morgan fingerprint density at radius 2 is 0.878 bits per heavy atom. The van der Waals surface area contributed by atoms with Crippen LogP contribution in [0, 0.1) is 15.2 Å². The van der Waals surface area contributed by atoms with Gasteiger partial charge in [0.15, 0.2) is 16.8 Å². The molecule has 0 radical (unpaired) electrons. The highest BCUT2D eigenvalue weighted by Crippen LogP contribution is 2.40. The molecular weight excluding hydrogens is 1570 g/mol. The lowest BCUT2D eigenvalue weighted by atomic mass is 9.75. The third-order valence-electron chi connectivity index (χ3n) is 17.7. The Labute approximate surface area is 612 Å². The minimum atomic E-state index is -0.666. The molecule has 0 atom stereocenters. The molecule has 10 aromatic heterocycles. The molecule has 6 aliphatic rings. The van der Waals surface area contributed by atoms with E-state index < -0.39 is 11.6 Å². The summed E-state index contributed by atoms with van der Waals surface area (Å²) in [5, 5.41) is 17.0. The second kappa shape index (κ2) is 32.0. The molecule has 6 aliphatic heterocycles. The molecule has 0 amide bonds. The Hall–Kier alpha value is -5.89. The van der Waals surface area contributed by atoms with Crippen LogP contribution in [0.4, 0.5) is 8.78 Å². The van der Waals surface area contributed by atoms with Crippen molar-refractivity contribution in [2.24, 2.45) is 0 Å². The number of hydrogen-bond acceptors (Lipinski definition) is 16. The number of aromatic nitrogens is 12. The average Bonchev–Trinajstić information content (AvgIpc) is 1.63. The van der Waals surface area contributed by atoms with Crippen LogP contribution in [0.3, 0.4) is 0 Å². The van der Waals surface area contributed by atoms with E-state index in [2.05, 4.69) is 193 Å². The van der Waals surface area contributed by atoms with Crippen molar-refractivity contribution in [2.45, 2.75) is 103 Å². The monoisotopic (exact) mass is 1630 g/mol. The Morgan fingerprint density at radius 3 is 1.35 bits per heavy atom. The lowest BCUT2D eigenvalue weighted by Gasteiger charge is -2.32. The number of hydrogen-bond donors (Lipinski definition) is 0. The number of halogens is 8. The van der Waals surface area contributed by atoms with E-state index in [0.29, 0.717) is 38.6 Å². The predicted molar refractivity (Wildman–Crippen MR) is 392 cm³/mol. The number of rotatable bonds is 6. The molecule has 0 saturated carbocycles. The van der Waals surface area contributed by atoms with Crippen molar-refractivity contribution in [3.8, 4) is 11.3 Å². The number of nitrogens with zero attached hydrogens (tertiary/aromatic N) is 12. The molecule has 512 valence electrons. The van der Waals surface area contributed by atoms with Gasteiger partial charge in [-0.05, 0) is 203 Å². The zero-order chi connectivity index (χ0) is 69.5. The zero-order valence-corrected chi connectivity index (χ0v) is 62.6. The summed E-state index contributed by atoms with van der Waals surface area (Å²) in [7, 11) is -0.537. The Bertz CT molecular complexity index is 4620. The first kappa shape index (κ1) is 73.3. The van der Waals surface area contributed by atoms with Gasteiger partial charge in [0.25, 0.3) is 0 Å². The Balaban J connectivity index is 0.000000123. The van der Waals surface area contributed by atoms with Crippen LogP contribution in [0.5, 0.6) is 0 Å². The maximum Gasteiger partial charge on any atom is 0.494 e. The van der Waals surface area contributed by atoms with Gasteiger partial charge in [0.2, 0.25) is 10.6 Å². The molecule has 16 rings (SSSR count). The average molecular weight is 1640 g/mol. The highest BCUT2D eigenvalue weighted by atomic mass is 127. The largest absolute Gasteiger partial charge is 0.494 e. The molecule has 2 saturated heterocycles. The minimum Gasteiger partial charge on any atom is -0.400 e. The first-order valence-corrected chi connectivity index (χ1v) is 35.3. The molecule has 30 heteroatoms. The fourth-order valence-electron chi connectivity index (χ4n) is 10.8.